The summed E-state index contributed by atoms with van der Waals surface area (Å²) in [6, 6.07) is 0. The van der Waals surface area contributed by atoms with Gasteiger partial charge in [0.2, 0.25) is 0 Å². The fraction of sp³-hybridized carbons (Fsp3) is 0.769. The largest absolute Gasteiger partial charge is 0.463 e. The topological polar surface area (TPSA) is 35.5 Å². The molecule has 3 nitrogen and oxygen atoms in total. The SMILES string of the molecule is O=C(OC[C@@H]1CCCO1)[C@@H]1C[C@H]2C=C[C@@H]1C2. The zero-order valence-electron chi connectivity index (χ0n) is 9.43. The van der Waals surface area contributed by atoms with Crippen molar-refractivity contribution < 1.29 is 14.3 Å². The van der Waals surface area contributed by atoms with Gasteiger partial charge in [-0.05, 0) is 37.5 Å². The zero-order chi connectivity index (χ0) is 11.0. The van der Waals surface area contributed by atoms with Gasteiger partial charge in [-0.2, -0.15) is 0 Å². The standard InChI is InChI=1S/C13H18O3/c14-13(16-8-11-2-1-5-15-11)12-7-9-3-4-10(12)6-9/h3-4,9-12H,1-2,5-8H2/t9-,10+,11-,12+/m0/s1. The fourth-order valence-corrected chi connectivity index (χ4v) is 3.11. The average molecular weight is 222 g/mol. The molecule has 0 aromatic heterocycles. The van der Waals surface area contributed by atoms with Crippen LogP contribution < -0.4 is 0 Å². The van der Waals surface area contributed by atoms with Crippen LogP contribution in [-0.4, -0.2) is 25.3 Å². The van der Waals surface area contributed by atoms with Crippen molar-refractivity contribution in [2.24, 2.45) is 17.8 Å². The number of ether oxygens (including phenoxy) is 2. The summed E-state index contributed by atoms with van der Waals surface area (Å²) in [6.45, 7) is 1.27. The molecule has 3 heteroatoms. The van der Waals surface area contributed by atoms with E-state index in [1.807, 2.05) is 0 Å². The first kappa shape index (κ1) is 10.3. The molecule has 1 heterocycles. The number of allylic oxidation sites excluding steroid dienone is 2. The second kappa shape index (κ2) is 4.21. The Kier molecular flexibility index (Phi) is 2.72. The molecule has 4 atom stereocenters. The van der Waals surface area contributed by atoms with Crippen molar-refractivity contribution in [1.29, 1.82) is 0 Å². The number of hydrogen-bond acceptors (Lipinski definition) is 3. The summed E-state index contributed by atoms with van der Waals surface area (Å²) >= 11 is 0. The number of carbonyl (C=O) groups is 1. The van der Waals surface area contributed by atoms with Crippen LogP contribution in [-0.2, 0) is 14.3 Å². The monoisotopic (exact) mass is 222 g/mol. The molecule has 1 saturated carbocycles. The smallest absolute Gasteiger partial charge is 0.309 e. The number of esters is 1. The minimum absolute atomic E-state index is 0.00708. The van der Waals surface area contributed by atoms with E-state index in [2.05, 4.69) is 12.2 Å². The Bertz CT molecular complexity index is 304. The van der Waals surface area contributed by atoms with Gasteiger partial charge in [-0.25, -0.2) is 0 Å². The van der Waals surface area contributed by atoms with Gasteiger partial charge in [-0.3, -0.25) is 4.79 Å². The lowest BCUT2D eigenvalue weighted by atomic mass is 9.94. The first-order chi connectivity index (χ1) is 7.83. The van der Waals surface area contributed by atoms with Crippen LogP contribution in [0.3, 0.4) is 0 Å². The van der Waals surface area contributed by atoms with Crippen LogP contribution in [0.25, 0.3) is 0 Å². The minimum atomic E-state index is -0.00708. The first-order valence-electron chi connectivity index (χ1n) is 6.29. The molecule has 0 N–H and O–H groups in total. The van der Waals surface area contributed by atoms with E-state index in [1.165, 1.54) is 0 Å². The summed E-state index contributed by atoms with van der Waals surface area (Å²) in [5, 5.41) is 0. The Morgan fingerprint density at radius 2 is 2.31 bits per heavy atom. The van der Waals surface area contributed by atoms with Crippen LogP contribution in [0, 0.1) is 17.8 Å². The Balaban J connectivity index is 1.48. The van der Waals surface area contributed by atoms with Gasteiger partial charge in [-0.1, -0.05) is 12.2 Å². The van der Waals surface area contributed by atoms with Crippen molar-refractivity contribution in [2.75, 3.05) is 13.2 Å². The van der Waals surface area contributed by atoms with Crippen LogP contribution in [0.2, 0.25) is 0 Å². The van der Waals surface area contributed by atoms with Gasteiger partial charge in [0, 0.05) is 6.61 Å². The third-order valence-corrected chi connectivity index (χ3v) is 4.02. The summed E-state index contributed by atoms with van der Waals surface area (Å²) in [5.74, 6) is 1.19. The molecule has 0 unspecified atom stereocenters. The molecule has 0 amide bonds. The third kappa shape index (κ3) is 1.88. The van der Waals surface area contributed by atoms with E-state index < -0.39 is 0 Å². The van der Waals surface area contributed by atoms with Crippen molar-refractivity contribution in [3.63, 3.8) is 0 Å². The Hall–Kier alpha value is -0.830. The highest BCUT2D eigenvalue weighted by Crippen LogP contribution is 2.43. The predicted octanol–water partition coefficient (Wildman–Crippen LogP) is 1.92. The van der Waals surface area contributed by atoms with Crippen LogP contribution in [0.15, 0.2) is 12.2 Å². The van der Waals surface area contributed by atoms with Crippen molar-refractivity contribution in [2.45, 2.75) is 31.8 Å². The lowest BCUT2D eigenvalue weighted by molar-refractivity contribution is -0.152. The molecular weight excluding hydrogens is 204 g/mol. The molecule has 16 heavy (non-hydrogen) atoms. The molecule has 1 saturated heterocycles. The molecule has 0 aromatic carbocycles. The quantitative estimate of drug-likeness (QED) is 0.540. The molecular formula is C13H18O3. The average Bonchev–Trinajstić information content (AvgIpc) is 3.01. The van der Waals surface area contributed by atoms with E-state index in [4.69, 9.17) is 9.47 Å². The third-order valence-electron chi connectivity index (χ3n) is 4.02. The van der Waals surface area contributed by atoms with Crippen molar-refractivity contribution >= 4 is 5.97 Å². The fourth-order valence-electron chi connectivity index (χ4n) is 3.11. The molecule has 0 aromatic rings. The number of hydrogen-bond donors (Lipinski definition) is 0. The maximum Gasteiger partial charge on any atom is 0.309 e. The van der Waals surface area contributed by atoms with Gasteiger partial charge < -0.3 is 9.47 Å². The Labute approximate surface area is 95.8 Å². The van der Waals surface area contributed by atoms with Crippen LogP contribution >= 0.6 is 0 Å². The Morgan fingerprint density at radius 1 is 1.38 bits per heavy atom. The van der Waals surface area contributed by atoms with E-state index in [0.717, 1.165) is 32.3 Å². The number of carbonyl (C=O) groups excluding carboxylic acids is 1. The summed E-state index contributed by atoms with van der Waals surface area (Å²) in [7, 11) is 0. The molecule has 2 aliphatic carbocycles. The van der Waals surface area contributed by atoms with Crippen molar-refractivity contribution in [1.82, 2.24) is 0 Å². The van der Waals surface area contributed by atoms with E-state index in [1.54, 1.807) is 0 Å². The van der Waals surface area contributed by atoms with Crippen LogP contribution in [0.1, 0.15) is 25.7 Å². The lowest BCUT2D eigenvalue weighted by Crippen LogP contribution is -2.25. The minimum Gasteiger partial charge on any atom is -0.463 e. The highest BCUT2D eigenvalue weighted by molar-refractivity contribution is 5.74. The highest BCUT2D eigenvalue weighted by Gasteiger charge is 2.40. The zero-order valence-corrected chi connectivity index (χ0v) is 9.43. The summed E-state index contributed by atoms with van der Waals surface area (Å²) in [6.07, 6.45) is 8.85. The molecule has 1 aliphatic heterocycles. The summed E-state index contributed by atoms with van der Waals surface area (Å²) in [4.78, 5) is 11.9. The van der Waals surface area contributed by atoms with E-state index in [-0.39, 0.29) is 18.0 Å². The molecule has 0 radical (unpaired) electrons. The lowest BCUT2D eigenvalue weighted by Gasteiger charge is -2.18. The molecule has 3 rings (SSSR count). The Morgan fingerprint density at radius 3 is 2.94 bits per heavy atom. The van der Waals surface area contributed by atoms with E-state index >= 15 is 0 Å². The van der Waals surface area contributed by atoms with E-state index in [9.17, 15) is 4.79 Å². The molecule has 0 spiro atoms. The molecule has 2 fully saturated rings. The predicted molar refractivity (Wildman–Crippen MR) is 58.8 cm³/mol. The summed E-state index contributed by atoms with van der Waals surface area (Å²) in [5.41, 5.74) is 0. The normalized spacial score (nSPS) is 40.5. The molecule has 88 valence electrons. The number of rotatable bonds is 3. The summed E-state index contributed by atoms with van der Waals surface area (Å²) < 4.78 is 10.8. The molecule has 2 bridgehead atoms. The van der Waals surface area contributed by atoms with Crippen LogP contribution in [0.4, 0.5) is 0 Å². The van der Waals surface area contributed by atoms with Gasteiger partial charge in [0.05, 0.1) is 12.0 Å². The maximum atomic E-state index is 11.9. The second-order valence-electron chi connectivity index (χ2n) is 5.15. The highest BCUT2D eigenvalue weighted by atomic mass is 16.6. The van der Waals surface area contributed by atoms with Gasteiger partial charge >= 0.3 is 5.97 Å². The number of fused-ring (bicyclic) bond motifs is 2. The van der Waals surface area contributed by atoms with Gasteiger partial charge in [-0.15, -0.1) is 0 Å². The van der Waals surface area contributed by atoms with E-state index in [0.29, 0.717) is 18.4 Å². The maximum absolute atomic E-state index is 11.9. The van der Waals surface area contributed by atoms with Crippen molar-refractivity contribution in [3.8, 4) is 0 Å². The molecule has 3 aliphatic rings. The van der Waals surface area contributed by atoms with Crippen molar-refractivity contribution in [3.05, 3.63) is 12.2 Å². The van der Waals surface area contributed by atoms with Gasteiger partial charge in [0.25, 0.3) is 0 Å². The first-order valence-corrected chi connectivity index (χ1v) is 6.29. The van der Waals surface area contributed by atoms with Gasteiger partial charge in [0.15, 0.2) is 0 Å². The van der Waals surface area contributed by atoms with Crippen LogP contribution in [0.5, 0.6) is 0 Å². The van der Waals surface area contributed by atoms with Gasteiger partial charge in [0.1, 0.15) is 6.61 Å². The second-order valence-corrected chi connectivity index (χ2v) is 5.15.